The first kappa shape index (κ1) is 17.5. The number of rotatable bonds is 1. The highest BCUT2D eigenvalue weighted by Crippen LogP contribution is 2.68. The number of hydrogen-bond acceptors (Lipinski definition) is 7. The second-order valence-corrected chi connectivity index (χ2v) is 10.4. The molecule has 6 aliphatic heterocycles. The molecule has 7 rings (SSSR count). The lowest BCUT2D eigenvalue weighted by Crippen LogP contribution is -2.76. The third-order valence-corrected chi connectivity index (χ3v) is 9.66. The van der Waals surface area contributed by atoms with E-state index >= 15 is 0 Å². The lowest BCUT2D eigenvalue weighted by atomic mass is 10.0. The third-order valence-electron chi connectivity index (χ3n) is 6.10. The van der Waals surface area contributed by atoms with Gasteiger partial charge in [-0.2, -0.15) is 0 Å². The number of nitrogens with zero attached hydrogens (tertiary/aromatic N) is 2. The molecule has 6 heterocycles. The molecular weight excluding hydrogens is 412 g/mol. The average molecular weight is 428 g/mol. The van der Waals surface area contributed by atoms with E-state index in [0.717, 1.165) is 16.8 Å². The highest BCUT2D eigenvalue weighted by molar-refractivity contribution is 8.78. The van der Waals surface area contributed by atoms with Crippen molar-refractivity contribution in [2.45, 2.75) is 41.7 Å². The zero-order valence-corrected chi connectivity index (χ0v) is 17.0. The Hall–Kier alpha value is -2.39. The van der Waals surface area contributed by atoms with Crippen molar-refractivity contribution in [1.29, 1.82) is 0 Å². The third kappa shape index (κ3) is 1.99. The van der Waals surface area contributed by atoms with Gasteiger partial charge in [0, 0.05) is 25.5 Å². The number of carbonyl (C=O) groups excluding carboxylic acids is 3. The van der Waals surface area contributed by atoms with Crippen LogP contribution in [0.3, 0.4) is 0 Å². The van der Waals surface area contributed by atoms with E-state index < -0.39 is 27.9 Å². The van der Waals surface area contributed by atoms with E-state index in [4.69, 9.17) is 9.47 Å². The molecule has 2 amide bonds. The minimum absolute atomic E-state index is 0.0923. The Morgan fingerprint density at radius 1 is 1.17 bits per heavy atom. The van der Waals surface area contributed by atoms with Gasteiger partial charge >= 0.3 is 5.97 Å². The van der Waals surface area contributed by atoms with Crippen molar-refractivity contribution in [3.63, 3.8) is 0 Å². The largest absolute Gasteiger partial charge is 0.473 e. The van der Waals surface area contributed by atoms with E-state index in [0.29, 0.717) is 12.8 Å². The van der Waals surface area contributed by atoms with E-state index in [9.17, 15) is 14.4 Å². The lowest BCUT2D eigenvalue weighted by molar-refractivity contribution is -0.155. The number of carbonyl (C=O) groups is 3. The van der Waals surface area contributed by atoms with E-state index in [-0.39, 0.29) is 11.8 Å². The van der Waals surface area contributed by atoms with Gasteiger partial charge in [0.2, 0.25) is 0 Å². The van der Waals surface area contributed by atoms with Crippen LogP contribution in [0, 0.1) is 0 Å². The molecule has 1 aromatic rings. The van der Waals surface area contributed by atoms with Gasteiger partial charge in [0.1, 0.15) is 6.10 Å². The number of benzene rings is 1. The quantitative estimate of drug-likeness (QED) is 0.502. The summed E-state index contributed by atoms with van der Waals surface area (Å²) in [6.45, 7) is 1.33. The smallest absolute Gasteiger partial charge is 0.303 e. The fourth-order valence-electron chi connectivity index (χ4n) is 5.01. The molecule has 7 nitrogen and oxygen atoms in total. The van der Waals surface area contributed by atoms with Gasteiger partial charge in [-0.25, -0.2) is 0 Å². The van der Waals surface area contributed by atoms with Gasteiger partial charge in [-0.3, -0.25) is 19.3 Å². The molecule has 4 atom stereocenters. The molecule has 1 aromatic carbocycles. The fraction of sp³-hybridized carbons (Fsp3) is 0.350. The highest BCUT2D eigenvalue weighted by atomic mass is 33.1. The Bertz CT molecular complexity index is 1060. The fourth-order valence-corrected chi connectivity index (χ4v) is 8.66. The first-order valence-corrected chi connectivity index (χ1v) is 11.4. The zero-order valence-electron chi connectivity index (χ0n) is 15.4. The van der Waals surface area contributed by atoms with Crippen LogP contribution in [-0.4, -0.2) is 44.6 Å². The predicted octanol–water partition coefficient (Wildman–Crippen LogP) is 2.34. The second kappa shape index (κ2) is 5.60. The van der Waals surface area contributed by atoms with Crippen LogP contribution in [-0.2, 0) is 30.3 Å². The van der Waals surface area contributed by atoms with E-state index in [1.165, 1.54) is 34.8 Å². The maximum Gasteiger partial charge on any atom is 0.303 e. The summed E-state index contributed by atoms with van der Waals surface area (Å²) < 4.78 is 10.9. The minimum atomic E-state index is -1.07. The van der Waals surface area contributed by atoms with Crippen molar-refractivity contribution in [1.82, 2.24) is 4.90 Å². The molecule has 148 valence electrons. The maximum atomic E-state index is 13.9. The Morgan fingerprint density at radius 2 is 1.97 bits per heavy atom. The minimum Gasteiger partial charge on any atom is -0.473 e. The topological polar surface area (TPSA) is 76.1 Å². The molecule has 0 radical (unpaired) electrons. The number of amides is 2. The molecular formula is C20H16N2O5S2. The van der Waals surface area contributed by atoms with Crippen LogP contribution in [0.1, 0.15) is 18.9 Å². The first-order chi connectivity index (χ1) is 14.0. The highest BCUT2D eigenvalue weighted by Gasteiger charge is 2.76. The molecule has 6 aliphatic rings. The van der Waals surface area contributed by atoms with Crippen LogP contribution in [0.25, 0.3) is 0 Å². The zero-order chi connectivity index (χ0) is 20.0. The number of para-hydroxylation sites is 1. The van der Waals surface area contributed by atoms with Crippen LogP contribution in [0.2, 0.25) is 0 Å². The molecule has 0 N–H and O–H groups in total. The van der Waals surface area contributed by atoms with Gasteiger partial charge in [-0.15, -0.1) is 0 Å². The van der Waals surface area contributed by atoms with Gasteiger partial charge in [-0.1, -0.05) is 39.8 Å². The van der Waals surface area contributed by atoms with Gasteiger partial charge < -0.3 is 14.4 Å². The Labute approximate surface area is 174 Å². The van der Waals surface area contributed by atoms with E-state index in [2.05, 4.69) is 0 Å². The summed E-state index contributed by atoms with van der Waals surface area (Å²) in [7, 11) is 2.91. The summed E-state index contributed by atoms with van der Waals surface area (Å²) in [6.07, 6.45) is 4.77. The number of anilines is 1. The number of ether oxygens (including phenoxy) is 2. The monoisotopic (exact) mass is 428 g/mol. The molecule has 0 saturated carbocycles. The molecule has 29 heavy (non-hydrogen) atoms. The van der Waals surface area contributed by atoms with Gasteiger partial charge in [0.15, 0.2) is 9.74 Å². The number of esters is 1. The normalized spacial score (nSPS) is 36.0. The van der Waals surface area contributed by atoms with Crippen molar-refractivity contribution in [2.75, 3.05) is 4.90 Å². The molecule has 4 saturated heterocycles. The molecule has 0 aromatic heterocycles. The summed E-state index contributed by atoms with van der Waals surface area (Å²) in [5.41, 5.74) is 2.59. The lowest BCUT2D eigenvalue weighted by Gasteiger charge is -2.57. The van der Waals surface area contributed by atoms with Crippen molar-refractivity contribution in [3.05, 3.63) is 54.0 Å². The molecule has 2 bridgehead atoms. The molecule has 4 fully saturated rings. The van der Waals surface area contributed by atoms with Crippen LogP contribution < -0.4 is 4.90 Å². The first-order valence-electron chi connectivity index (χ1n) is 9.29. The Morgan fingerprint density at radius 3 is 2.79 bits per heavy atom. The predicted molar refractivity (Wildman–Crippen MR) is 107 cm³/mol. The van der Waals surface area contributed by atoms with Gasteiger partial charge in [0.25, 0.3) is 11.8 Å². The van der Waals surface area contributed by atoms with Crippen molar-refractivity contribution in [2.24, 2.45) is 0 Å². The van der Waals surface area contributed by atoms with Gasteiger partial charge in [0.05, 0.1) is 18.6 Å². The van der Waals surface area contributed by atoms with Crippen LogP contribution in [0.5, 0.6) is 0 Å². The molecule has 9 heteroatoms. The maximum absolute atomic E-state index is 13.9. The summed E-state index contributed by atoms with van der Waals surface area (Å²) >= 11 is 0. The molecule has 1 unspecified atom stereocenters. The summed E-state index contributed by atoms with van der Waals surface area (Å²) in [5, 5.41) is 0. The van der Waals surface area contributed by atoms with Crippen molar-refractivity contribution >= 4 is 45.1 Å². The Kier molecular flexibility index (Phi) is 3.38. The number of hydrogen-bond donors (Lipinski definition) is 0. The summed E-state index contributed by atoms with van der Waals surface area (Å²) in [6, 6.07) is 7.14. The number of fused-ring (bicyclic) bond motifs is 3. The second-order valence-electron chi connectivity index (χ2n) is 7.71. The SMILES string of the molecule is CC(=O)O[C@H]1C=COC=C2C[C@@]34SS[C@]5(Cc6ccccc6N5C3=O)C(=O)N4C21. The van der Waals surface area contributed by atoms with E-state index in [1.54, 1.807) is 22.1 Å². The standard InChI is InChI=1S/C20H16N2O5S2/c1-11(23)27-15-6-7-26-10-13-9-20-17(24)21-14-5-3-2-4-12(14)8-19(21,28-29-20)18(25)22(20)16(13)15/h2-7,10,15-16H,8-9H2,1H3/t15-,16?,19+,20+/m0/s1. The summed E-state index contributed by atoms with van der Waals surface area (Å²) in [4.78, 5) is 40.8. The van der Waals surface area contributed by atoms with E-state index in [1.807, 2.05) is 24.3 Å². The van der Waals surface area contributed by atoms with Crippen molar-refractivity contribution in [3.8, 4) is 0 Å². The van der Waals surface area contributed by atoms with Crippen LogP contribution >= 0.6 is 21.6 Å². The van der Waals surface area contributed by atoms with Crippen LogP contribution in [0.4, 0.5) is 5.69 Å². The molecule has 2 spiro atoms. The van der Waals surface area contributed by atoms with Crippen LogP contribution in [0.15, 0.2) is 48.4 Å². The molecule has 0 aliphatic carbocycles. The van der Waals surface area contributed by atoms with Crippen molar-refractivity contribution < 1.29 is 23.9 Å². The number of piperazine rings is 1. The summed E-state index contributed by atoms with van der Waals surface area (Å²) in [5.74, 6) is -0.652. The average Bonchev–Trinajstić information content (AvgIpc) is 3.15. The van der Waals surface area contributed by atoms with Gasteiger partial charge in [-0.05, 0) is 23.3 Å². The Balaban J connectivity index is 1.52.